The van der Waals surface area contributed by atoms with Gasteiger partial charge in [-0.2, -0.15) is 0 Å². The molecule has 0 heterocycles. The molecule has 0 amide bonds. The molecule has 0 bridgehead atoms. The lowest BCUT2D eigenvalue weighted by molar-refractivity contribution is 0.605. The van der Waals surface area contributed by atoms with Crippen molar-refractivity contribution in [2.45, 2.75) is 18.7 Å². The molecule has 3 heteroatoms. The molecular weight excluding hydrogens is 315 g/mol. The molecule has 2 aromatic rings. The zero-order chi connectivity index (χ0) is 13.1. The Bertz CT molecular complexity index is 554. The third-order valence-electron chi connectivity index (χ3n) is 2.79. The molecule has 0 saturated carbocycles. The van der Waals surface area contributed by atoms with Gasteiger partial charge in [0, 0.05) is 10.0 Å². The van der Waals surface area contributed by atoms with Crippen LogP contribution in [0.25, 0.3) is 0 Å². The number of aryl methyl sites for hydroxylation is 1. The number of hydrogen-bond donors (Lipinski definition) is 0. The maximum atomic E-state index is 13.7. The highest BCUT2D eigenvalue weighted by molar-refractivity contribution is 9.10. The fraction of sp³-hybridized carbons (Fsp3) is 0.200. The molecule has 2 aromatic carbocycles. The van der Waals surface area contributed by atoms with Gasteiger partial charge in [-0.05, 0) is 37.1 Å². The summed E-state index contributed by atoms with van der Waals surface area (Å²) < 4.78 is 14.5. The van der Waals surface area contributed by atoms with E-state index in [0.717, 1.165) is 10.0 Å². The molecule has 0 fully saturated rings. The van der Waals surface area contributed by atoms with Crippen molar-refractivity contribution in [3.05, 3.63) is 69.4 Å². The van der Waals surface area contributed by atoms with Gasteiger partial charge in [0.25, 0.3) is 0 Å². The topological polar surface area (TPSA) is 0 Å². The molecule has 0 aliphatic rings. The van der Waals surface area contributed by atoms with E-state index in [2.05, 4.69) is 22.0 Å². The molecule has 0 radical (unpaired) electrons. The summed E-state index contributed by atoms with van der Waals surface area (Å²) in [6.45, 7) is 2.03. The molecule has 18 heavy (non-hydrogen) atoms. The zero-order valence-corrected chi connectivity index (χ0v) is 12.3. The molecule has 0 saturated heterocycles. The van der Waals surface area contributed by atoms with Crippen molar-refractivity contribution in [2.24, 2.45) is 0 Å². The summed E-state index contributed by atoms with van der Waals surface area (Å²) in [5.41, 5.74) is 2.84. The van der Waals surface area contributed by atoms with E-state index in [1.54, 1.807) is 12.1 Å². The van der Waals surface area contributed by atoms with E-state index < -0.39 is 0 Å². The summed E-state index contributed by atoms with van der Waals surface area (Å²) in [7, 11) is 0. The van der Waals surface area contributed by atoms with Crippen LogP contribution in [-0.4, -0.2) is 0 Å². The maximum absolute atomic E-state index is 13.7. The molecule has 1 atom stereocenters. The van der Waals surface area contributed by atoms with E-state index in [0.29, 0.717) is 12.0 Å². The minimum absolute atomic E-state index is 0.258. The minimum Gasteiger partial charge on any atom is -0.207 e. The molecule has 0 aliphatic heterocycles. The number of benzene rings is 2. The van der Waals surface area contributed by atoms with Gasteiger partial charge in [0.2, 0.25) is 0 Å². The molecule has 0 aliphatic carbocycles. The molecular formula is C15H13BrClF. The lowest BCUT2D eigenvalue weighted by Crippen LogP contribution is -1.99. The Hall–Kier alpha value is -0.860. The van der Waals surface area contributed by atoms with Gasteiger partial charge >= 0.3 is 0 Å². The smallest absolute Gasteiger partial charge is 0.127 e. The standard InChI is InChI=1S/C15H13BrClF/c1-10-3-2-4-11(7-10)8-14(17)13-9-12(16)5-6-15(13)18/h2-7,9,14H,8H2,1H3. The SMILES string of the molecule is Cc1cccc(CC(Cl)c2cc(Br)ccc2F)c1. The van der Waals surface area contributed by atoms with Crippen LogP contribution in [0.15, 0.2) is 46.9 Å². The summed E-state index contributed by atoms with van der Waals surface area (Å²) in [6, 6.07) is 13.0. The summed E-state index contributed by atoms with van der Waals surface area (Å²) >= 11 is 9.65. The van der Waals surface area contributed by atoms with E-state index >= 15 is 0 Å². The Morgan fingerprint density at radius 1 is 1.22 bits per heavy atom. The van der Waals surface area contributed by atoms with Crippen molar-refractivity contribution in [3.63, 3.8) is 0 Å². The molecule has 94 valence electrons. The first-order chi connectivity index (χ1) is 8.56. The predicted molar refractivity (Wildman–Crippen MR) is 77.6 cm³/mol. The summed E-state index contributed by atoms with van der Waals surface area (Å²) in [5, 5.41) is -0.357. The Balaban J connectivity index is 2.21. The largest absolute Gasteiger partial charge is 0.207 e. The second-order valence-corrected chi connectivity index (χ2v) is 5.77. The lowest BCUT2D eigenvalue weighted by Gasteiger charge is -2.12. The number of halogens is 3. The highest BCUT2D eigenvalue weighted by atomic mass is 79.9. The van der Waals surface area contributed by atoms with Crippen molar-refractivity contribution < 1.29 is 4.39 Å². The van der Waals surface area contributed by atoms with E-state index in [9.17, 15) is 4.39 Å². The normalized spacial score (nSPS) is 12.4. The van der Waals surface area contributed by atoms with Crippen molar-refractivity contribution in [3.8, 4) is 0 Å². The van der Waals surface area contributed by atoms with Crippen molar-refractivity contribution in [1.82, 2.24) is 0 Å². The van der Waals surface area contributed by atoms with Gasteiger partial charge < -0.3 is 0 Å². The van der Waals surface area contributed by atoms with Gasteiger partial charge in [-0.1, -0.05) is 45.8 Å². The quantitative estimate of drug-likeness (QED) is 0.660. The second kappa shape index (κ2) is 5.85. The minimum atomic E-state index is -0.357. The summed E-state index contributed by atoms with van der Waals surface area (Å²) in [4.78, 5) is 0. The first kappa shape index (κ1) is 13.6. The van der Waals surface area contributed by atoms with E-state index in [1.807, 2.05) is 25.1 Å². The Morgan fingerprint density at radius 2 is 2.00 bits per heavy atom. The van der Waals surface area contributed by atoms with Gasteiger partial charge in [-0.25, -0.2) is 4.39 Å². The Morgan fingerprint density at radius 3 is 2.72 bits per heavy atom. The van der Waals surface area contributed by atoms with Gasteiger partial charge in [-0.15, -0.1) is 11.6 Å². The van der Waals surface area contributed by atoms with Gasteiger partial charge in [0.1, 0.15) is 5.82 Å². The van der Waals surface area contributed by atoms with Crippen molar-refractivity contribution >= 4 is 27.5 Å². The molecule has 2 rings (SSSR count). The van der Waals surface area contributed by atoms with Crippen LogP contribution in [0.4, 0.5) is 4.39 Å². The molecule has 0 N–H and O–H groups in total. The number of hydrogen-bond acceptors (Lipinski definition) is 0. The Kier molecular flexibility index (Phi) is 4.41. The van der Waals surface area contributed by atoms with Crippen LogP contribution in [0.5, 0.6) is 0 Å². The van der Waals surface area contributed by atoms with Crippen molar-refractivity contribution in [1.29, 1.82) is 0 Å². The summed E-state index contributed by atoms with van der Waals surface area (Å²) in [6.07, 6.45) is 0.622. The van der Waals surface area contributed by atoms with Gasteiger partial charge in [-0.3, -0.25) is 0 Å². The average molecular weight is 328 g/mol. The van der Waals surface area contributed by atoms with E-state index in [-0.39, 0.29) is 11.2 Å². The summed E-state index contributed by atoms with van der Waals surface area (Å²) in [5.74, 6) is -0.258. The van der Waals surface area contributed by atoms with Crippen LogP contribution in [0.2, 0.25) is 0 Å². The molecule has 1 unspecified atom stereocenters. The maximum Gasteiger partial charge on any atom is 0.127 e. The molecule has 0 spiro atoms. The van der Waals surface area contributed by atoms with Crippen LogP contribution in [0.3, 0.4) is 0 Å². The highest BCUT2D eigenvalue weighted by Gasteiger charge is 2.14. The van der Waals surface area contributed by atoms with Crippen LogP contribution >= 0.6 is 27.5 Å². The van der Waals surface area contributed by atoms with Gasteiger partial charge in [0.15, 0.2) is 0 Å². The Labute approximate surface area is 120 Å². The van der Waals surface area contributed by atoms with Crippen LogP contribution < -0.4 is 0 Å². The number of alkyl halides is 1. The van der Waals surface area contributed by atoms with Gasteiger partial charge in [0.05, 0.1) is 5.38 Å². The third kappa shape index (κ3) is 3.33. The predicted octanol–water partition coefficient (Wildman–Crippen LogP) is 5.42. The first-order valence-corrected chi connectivity index (χ1v) is 6.94. The molecule has 0 nitrogen and oxygen atoms in total. The lowest BCUT2D eigenvalue weighted by atomic mass is 10.0. The van der Waals surface area contributed by atoms with Crippen LogP contribution in [0.1, 0.15) is 22.1 Å². The van der Waals surface area contributed by atoms with Crippen LogP contribution in [0, 0.1) is 12.7 Å². The molecule has 0 aromatic heterocycles. The second-order valence-electron chi connectivity index (χ2n) is 4.33. The highest BCUT2D eigenvalue weighted by Crippen LogP contribution is 2.29. The fourth-order valence-corrected chi connectivity index (χ4v) is 2.63. The monoisotopic (exact) mass is 326 g/mol. The van der Waals surface area contributed by atoms with Crippen molar-refractivity contribution in [2.75, 3.05) is 0 Å². The fourth-order valence-electron chi connectivity index (χ4n) is 1.91. The number of rotatable bonds is 3. The zero-order valence-electron chi connectivity index (χ0n) is 9.96. The van der Waals surface area contributed by atoms with Crippen LogP contribution in [-0.2, 0) is 6.42 Å². The average Bonchev–Trinajstić information content (AvgIpc) is 2.32. The first-order valence-electron chi connectivity index (χ1n) is 5.71. The van der Waals surface area contributed by atoms with E-state index in [4.69, 9.17) is 11.6 Å². The van der Waals surface area contributed by atoms with E-state index in [1.165, 1.54) is 11.6 Å². The third-order valence-corrected chi connectivity index (χ3v) is 3.68.